The van der Waals surface area contributed by atoms with Crippen molar-refractivity contribution in [2.45, 2.75) is 25.8 Å². The predicted molar refractivity (Wildman–Crippen MR) is 107 cm³/mol. The van der Waals surface area contributed by atoms with Gasteiger partial charge in [-0.15, -0.1) is 0 Å². The van der Waals surface area contributed by atoms with Crippen LogP contribution >= 0.6 is 15.9 Å². The zero-order chi connectivity index (χ0) is 19.2. The van der Waals surface area contributed by atoms with Crippen LogP contribution in [0, 0.1) is 0 Å². The van der Waals surface area contributed by atoms with E-state index in [1.165, 1.54) is 12.1 Å². The van der Waals surface area contributed by atoms with E-state index in [4.69, 9.17) is 5.11 Å². The van der Waals surface area contributed by atoms with E-state index in [2.05, 4.69) is 25.9 Å². The number of fused-ring (bicyclic) bond motifs is 1. The summed E-state index contributed by atoms with van der Waals surface area (Å²) in [5.41, 5.74) is 2.68. The molecule has 0 bridgehead atoms. The van der Waals surface area contributed by atoms with Crippen molar-refractivity contribution in [3.8, 4) is 0 Å². The van der Waals surface area contributed by atoms with Crippen molar-refractivity contribution in [3.63, 3.8) is 0 Å². The highest BCUT2D eigenvalue weighted by atomic mass is 79.9. The second kappa shape index (κ2) is 8.81. The third-order valence-electron chi connectivity index (χ3n) is 4.28. The van der Waals surface area contributed by atoms with Gasteiger partial charge in [0.2, 0.25) is 5.62 Å². The molecular weight excluding hydrogens is 410 g/mol. The lowest BCUT2D eigenvalue weighted by molar-refractivity contribution is 0.0697. The maximum Gasteiger partial charge on any atom is 0.335 e. The van der Waals surface area contributed by atoms with E-state index in [0.717, 1.165) is 42.2 Å². The summed E-state index contributed by atoms with van der Waals surface area (Å²) in [5.74, 6) is -1.55. The highest BCUT2D eigenvalue weighted by Gasteiger charge is 2.11. The Morgan fingerprint density at radius 2 is 1.81 bits per heavy atom. The van der Waals surface area contributed by atoms with Gasteiger partial charge in [-0.1, -0.05) is 40.5 Å². The van der Waals surface area contributed by atoms with Crippen LogP contribution < -0.4 is 5.62 Å². The number of nitrogens with zero attached hydrogens (tertiary/aromatic N) is 2. The first-order chi connectivity index (χ1) is 13.1. The van der Waals surface area contributed by atoms with Crippen LogP contribution in [0.15, 0.2) is 53.5 Å². The number of carboxylic acid groups (broad SMARTS) is 1. The number of aromatic carboxylic acids is 1. The standard InChI is InChI=1S/C20H20BrN3O3/c21-11-4-1-5-12-24-17-10-3-2-9-16(17)22-20(24)23-18(25)14-7-6-8-15(13-14)19(26)27/h2-3,6-10,13H,1,4-5,11-12H2,(H,26,27)(H,22,23,25). The molecule has 0 radical (unpaired) electrons. The topological polar surface area (TPSA) is 87.4 Å². The molecule has 0 aliphatic carbocycles. The average Bonchev–Trinajstić information content (AvgIpc) is 3.02. The Labute approximate surface area is 164 Å². The van der Waals surface area contributed by atoms with Crippen LogP contribution in [0.4, 0.5) is 0 Å². The zero-order valence-electron chi connectivity index (χ0n) is 14.7. The van der Waals surface area contributed by atoms with Gasteiger partial charge in [0.15, 0.2) is 0 Å². The van der Waals surface area contributed by atoms with Crippen molar-refractivity contribution in [1.82, 2.24) is 9.55 Å². The lowest BCUT2D eigenvalue weighted by atomic mass is 10.1. The van der Waals surface area contributed by atoms with Crippen molar-refractivity contribution in [1.29, 1.82) is 0 Å². The second-order valence-corrected chi connectivity index (χ2v) is 6.96. The number of carbonyl (C=O) groups excluding carboxylic acids is 1. The van der Waals surface area contributed by atoms with Crippen molar-refractivity contribution in [3.05, 3.63) is 65.3 Å². The zero-order valence-corrected chi connectivity index (χ0v) is 16.3. The van der Waals surface area contributed by atoms with Gasteiger partial charge >= 0.3 is 5.97 Å². The number of rotatable bonds is 7. The van der Waals surface area contributed by atoms with Crippen LogP contribution in [-0.4, -0.2) is 31.9 Å². The minimum absolute atomic E-state index is 0.0651. The molecule has 1 aromatic heterocycles. The first-order valence-electron chi connectivity index (χ1n) is 8.76. The highest BCUT2D eigenvalue weighted by Crippen LogP contribution is 2.12. The van der Waals surface area contributed by atoms with Gasteiger partial charge < -0.3 is 14.7 Å². The number of amides is 1. The van der Waals surface area contributed by atoms with Gasteiger partial charge in [0.1, 0.15) is 0 Å². The van der Waals surface area contributed by atoms with Crippen molar-refractivity contribution < 1.29 is 14.7 Å². The normalized spacial score (nSPS) is 11.8. The van der Waals surface area contributed by atoms with E-state index in [1.807, 2.05) is 28.8 Å². The van der Waals surface area contributed by atoms with Gasteiger partial charge in [0, 0.05) is 17.4 Å². The molecule has 0 aliphatic heterocycles. The van der Waals surface area contributed by atoms with Crippen LogP contribution in [0.2, 0.25) is 0 Å². The number of hydrogen-bond donors (Lipinski definition) is 2. The maximum absolute atomic E-state index is 12.6. The van der Waals surface area contributed by atoms with Crippen LogP contribution in [-0.2, 0) is 6.54 Å². The monoisotopic (exact) mass is 429 g/mol. The SMILES string of the molecule is O=C(O)c1cccc(C(=O)/N=c2\[nH]c3ccccc3n2CCCCCBr)c1. The minimum atomic E-state index is -1.07. The van der Waals surface area contributed by atoms with E-state index < -0.39 is 11.9 Å². The molecule has 140 valence electrons. The molecular formula is C20H20BrN3O3. The predicted octanol–water partition coefficient (Wildman–Crippen LogP) is 3.97. The van der Waals surface area contributed by atoms with Crippen molar-refractivity contribution in [2.75, 3.05) is 5.33 Å². The molecule has 6 nitrogen and oxygen atoms in total. The Kier molecular flexibility index (Phi) is 6.24. The quantitative estimate of drug-likeness (QED) is 0.439. The molecule has 7 heteroatoms. The van der Waals surface area contributed by atoms with E-state index in [9.17, 15) is 9.59 Å². The number of nitrogens with one attached hydrogen (secondary N) is 1. The lowest BCUT2D eigenvalue weighted by Gasteiger charge is -2.04. The van der Waals surface area contributed by atoms with Crippen molar-refractivity contribution >= 4 is 38.8 Å². The van der Waals surface area contributed by atoms with Crippen LogP contribution in [0.5, 0.6) is 0 Å². The molecule has 1 amide bonds. The van der Waals surface area contributed by atoms with Gasteiger partial charge in [-0.2, -0.15) is 4.99 Å². The molecule has 0 atom stereocenters. The molecule has 0 saturated heterocycles. The third-order valence-corrected chi connectivity index (χ3v) is 4.84. The maximum atomic E-state index is 12.6. The highest BCUT2D eigenvalue weighted by molar-refractivity contribution is 9.09. The summed E-state index contributed by atoms with van der Waals surface area (Å²) in [6, 6.07) is 13.7. The molecule has 0 fully saturated rings. The number of para-hydroxylation sites is 2. The van der Waals surface area contributed by atoms with E-state index >= 15 is 0 Å². The molecule has 0 spiro atoms. The number of hydrogen-bond acceptors (Lipinski definition) is 2. The number of aromatic nitrogens is 2. The van der Waals surface area contributed by atoms with Crippen LogP contribution in [0.1, 0.15) is 40.0 Å². The smallest absolute Gasteiger partial charge is 0.335 e. The van der Waals surface area contributed by atoms with Crippen molar-refractivity contribution in [2.24, 2.45) is 4.99 Å². The molecule has 3 rings (SSSR count). The largest absolute Gasteiger partial charge is 0.478 e. The molecule has 27 heavy (non-hydrogen) atoms. The minimum Gasteiger partial charge on any atom is -0.478 e. The molecule has 0 saturated carbocycles. The fourth-order valence-electron chi connectivity index (χ4n) is 2.92. The van der Waals surface area contributed by atoms with Gasteiger partial charge in [-0.05, 0) is 43.2 Å². The summed E-state index contributed by atoms with van der Waals surface area (Å²) in [7, 11) is 0. The fourth-order valence-corrected chi connectivity index (χ4v) is 3.32. The molecule has 0 unspecified atom stereocenters. The van der Waals surface area contributed by atoms with E-state index in [-0.39, 0.29) is 11.1 Å². The summed E-state index contributed by atoms with van der Waals surface area (Å²) >= 11 is 3.44. The van der Waals surface area contributed by atoms with Gasteiger partial charge in [0.25, 0.3) is 5.91 Å². The Bertz CT molecular complexity index is 1040. The van der Waals surface area contributed by atoms with Crippen LogP contribution in [0.3, 0.4) is 0 Å². The number of halogens is 1. The Hall–Kier alpha value is -2.67. The first kappa shape index (κ1) is 19.1. The third kappa shape index (κ3) is 4.54. The van der Waals surface area contributed by atoms with Gasteiger partial charge in [-0.25, -0.2) is 4.79 Å². The summed E-state index contributed by atoms with van der Waals surface area (Å²) in [5, 5.41) is 10.1. The number of aromatic amines is 1. The molecule has 0 aliphatic rings. The number of alkyl halides is 1. The second-order valence-electron chi connectivity index (χ2n) is 6.17. The summed E-state index contributed by atoms with van der Waals surface area (Å²) in [6.07, 6.45) is 3.14. The number of imidazole rings is 1. The Morgan fingerprint density at radius 3 is 2.59 bits per heavy atom. The average molecular weight is 430 g/mol. The Morgan fingerprint density at radius 1 is 1.04 bits per heavy atom. The number of carbonyl (C=O) groups is 2. The number of carboxylic acids is 1. The summed E-state index contributed by atoms with van der Waals surface area (Å²) in [6.45, 7) is 0.748. The molecule has 3 aromatic rings. The summed E-state index contributed by atoms with van der Waals surface area (Å²) < 4.78 is 2.00. The molecule has 2 N–H and O–H groups in total. The summed E-state index contributed by atoms with van der Waals surface area (Å²) in [4.78, 5) is 31.1. The van der Waals surface area contributed by atoms with Crippen LogP contribution in [0.25, 0.3) is 11.0 Å². The number of aryl methyl sites for hydroxylation is 1. The first-order valence-corrected chi connectivity index (χ1v) is 9.88. The lowest BCUT2D eigenvalue weighted by Crippen LogP contribution is -2.21. The molecule has 1 heterocycles. The Balaban J connectivity index is 1.98. The molecule has 2 aromatic carbocycles. The number of benzene rings is 2. The fraction of sp³-hybridized carbons (Fsp3) is 0.250. The number of unbranched alkanes of at least 4 members (excludes halogenated alkanes) is 2. The van der Waals surface area contributed by atoms with Gasteiger partial charge in [-0.3, -0.25) is 4.79 Å². The van der Waals surface area contributed by atoms with Gasteiger partial charge in [0.05, 0.1) is 16.6 Å². The van der Waals surface area contributed by atoms with E-state index in [1.54, 1.807) is 12.1 Å². The van der Waals surface area contributed by atoms with E-state index in [0.29, 0.717) is 5.62 Å². The number of H-pyrrole nitrogens is 1.